The predicted octanol–water partition coefficient (Wildman–Crippen LogP) is 1.26. The molecule has 0 aromatic carbocycles. The molecule has 106 valence electrons. The first-order valence-electron chi connectivity index (χ1n) is 7.16. The molecule has 0 amide bonds. The Morgan fingerprint density at radius 1 is 1.32 bits per heavy atom. The number of aliphatic hydroxyl groups excluding tert-OH is 2. The van der Waals surface area contributed by atoms with E-state index in [0.717, 1.165) is 18.4 Å². The summed E-state index contributed by atoms with van der Waals surface area (Å²) < 4.78 is 5.59. The van der Waals surface area contributed by atoms with E-state index in [4.69, 9.17) is 4.74 Å². The molecule has 2 N–H and O–H groups in total. The van der Waals surface area contributed by atoms with Crippen molar-refractivity contribution in [2.75, 3.05) is 0 Å². The number of rotatable bonds is 0. The van der Waals surface area contributed by atoms with Gasteiger partial charge in [-0.25, -0.2) is 0 Å². The second kappa shape index (κ2) is 4.06. The molecule has 0 aromatic heterocycles. The molecule has 1 saturated carbocycles. The summed E-state index contributed by atoms with van der Waals surface area (Å²) in [5.74, 6) is 0.177. The monoisotopic (exact) mass is 266 g/mol. The molecule has 0 unspecified atom stereocenters. The molecule has 1 saturated heterocycles. The normalized spacial score (nSPS) is 53.1. The number of carbonyl (C=O) groups is 1. The Morgan fingerprint density at radius 3 is 2.68 bits per heavy atom. The van der Waals surface area contributed by atoms with Crippen molar-refractivity contribution in [2.45, 2.75) is 51.9 Å². The second-order valence-corrected chi connectivity index (χ2v) is 6.63. The Morgan fingerprint density at radius 2 is 2.00 bits per heavy atom. The Bertz CT molecular complexity index is 443. The number of aliphatic hydroxyl groups is 2. The van der Waals surface area contributed by atoms with Crippen molar-refractivity contribution in [3.05, 3.63) is 11.6 Å². The molecule has 0 aromatic rings. The third-order valence-electron chi connectivity index (χ3n) is 5.61. The zero-order valence-electron chi connectivity index (χ0n) is 11.7. The van der Waals surface area contributed by atoms with Crippen LogP contribution in [0.15, 0.2) is 11.6 Å². The summed E-state index contributed by atoms with van der Waals surface area (Å²) >= 11 is 0. The van der Waals surface area contributed by atoms with E-state index in [0.29, 0.717) is 5.92 Å². The van der Waals surface area contributed by atoms with Crippen LogP contribution >= 0.6 is 0 Å². The number of esters is 1. The zero-order valence-corrected chi connectivity index (χ0v) is 11.7. The van der Waals surface area contributed by atoms with Crippen LogP contribution in [0.1, 0.15) is 33.6 Å². The van der Waals surface area contributed by atoms with Gasteiger partial charge in [0.15, 0.2) is 0 Å². The molecule has 0 bridgehead atoms. The average molecular weight is 266 g/mol. The van der Waals surface area contributed by atoms with Crippen molar-refractivity contribution in [2.24, 2.45) is 23.2 Å². The van der Waals surface area contributed by atoms with Crippen molar-refractivity contribution in [3.8, 4) is 0 Å². The van der Waals surface area contributed by atoms with Gasteiger partial charge in [0.2, 0.25) is 0 Å². The van der Waals surface area contributed by atoms with Crippen LogP contribution in [0.4, 0.5) is 0 Å². The highest BCUT2D eigenvalue weighted by Gasteiger charge is 2.60. The standard InChI is InChI=1S/C15H22O4/c1-7-4-5-9-8(2)14(18)19-13(9)15(3)10(7)6-11(16)12(15)17/h6-9,11-13,16-17H,4-5H2,1-3H3/t7-,8+,9-,11-,12-,13+,15-/m0/s1. The first-order valence-corrected chi connectivity index (χ1v) is 7.16. The summed E-state index contributed by atoms with van der Waals surface area (Å²) in [6, 6.07) is 0. The first-order chi connectivity index (χ1) is 8.87. The fourth-order valence-corrected chi connectivity index (χ4v) is 4.33. The number of hydrogen-bond acceptors (Lipinski definition) is 4. The average Bonchev–Trinajstić information content (AvgIpc) is 2.74. The van der Waals surface area contributed by atoms with Crippen LogP contribution < -0.4 is 0 Å². The molecule has 0 spiro atoms. The second-order valence-electron chi connectivity index (χ2n) is 6.63. The van der Waals surface area contributed by atoms with Gasteiger partial charge in [0, 0.05) is 5.92 Å². The van der Waals surface area contributed by atoms with Crippen LogP contribution in [0, 0.1) is 23.2 Å². The number of carbonyl (C=O) groups excluding carboxylic acids is 1. The molecule has 2 fully saturated rings. The van der Waals surface area contributed by atoms with Gasteiger partial charge in [0.25, 0.3) is 0 Å². The molecule has 0 radical (unpaired) electrons. The van der Waals surface area contributed by atoms with Crippen molar-refractivity contribution in [3.63, 3.8) is 0 Å². The molecule has 2 aliphatic carbocycles. The van der Waals surface area contributed by atoms with E-state index in [1.807, 2.05) is 13.8 Å². The van der Waals surface area contributed by atoms with Crippen LogP contribution in [0.3, 0.4) is 0 Å². The maximum absolute atomic E-state index is 11.9. The largest absolute Gasteiger partial charge is 0.461 e. The Balaban J connectivity index is 2.08. The SMILES string of the molecule is C[C@H]1CC[C@@H]2[C@@H](OC(=O)[C@@H]2C)[C@@]2(C)C1=C[C@H](O)[C@@H]2O. The van der Waals surface area contributed by atoms with E-state index < -0.39 is 17.6 Å². The molecule has 1 heterocycles. The van der Waals surface area contributed by atoms with Crippen molar-refractivity contribution < 1.29 is 19.7 Å². The fraction of sp³-hybridized carbons (Fsp3) is 0.800. The lowest BCUT2D eigenvalue weighted by Gasteiger charge is -2.39. The molecular weight excluding hydrogens is 244 g/mol. The van der Waals surface area contributed by atoms with Gasteiger partial charge in [-0.2, -0.15) is 0 Å². The van der Waals surface area contributed by atoms with Crippen LogP contribution in [0.2, 0.25) is 0 Å². The molecule has 4 nitrogen and oxygen atoms in total. The van der Waals surface area contributed by atoms with Gasteiger partial charge < -0.3 is 14.9 Å². The highest BCUT2D eigenvalue weighted by Crippen LogP contribution is 2.55. The summed E-state index contributed by atoms with van der Waals surface area (Å²) in [6.45, 7) is 5.97. The highest BCUT2D eigenvalue weighted by atomic mass is 16.6. The van der Waals surface area contributed by atoms with E-state index in [9.17, 15) is 15.0 Å². The van der Waals surface area contributed by atoms with Crippen LogP contribution in [-0.4, -0.2) is 34.5 Å². The summed E-state index contributed by atoms with van der Waals surface area (Å²) in [6.07, 6.45) is 1.65. The Labute approximate surface area is 113 Å². The van der Waals surface area contributed by atoms with E-state index in [-0.39, 0.29) is 23.9 Å². The zero-order chi connectivity index (χ0) is 13.9. The van der Waals surface area contributed by atoms with Crippen molar-refractivity contribution in [1.82, 2.24) is 0 Å². The quantitative estimate of drug-likeness (QED) is 0.512. The van der Waals surface area contributed by atoms with Gasteiger partial charge in [0.1, 0.15) is 6.10 Å². The first kappa shape index (κ1) is 13.1. The number of fused-ring (bicyclic) bond motifs is 3. The van der Waals surface area contributed by atoms with Gasteiger partial charge in [0.05, 0.1) is 23.5 Å². The third kappa shape index (κ3) is 1.56. The topological polar surface area (TPSA) is 66.8 Å². The Hall–Kier alpha value is -0.870. The summed E-state index contributed by atoms with van der Waals surface area (Å²) in [4.78, 5) is 11.9. The van der Waals surface area contributed by atoms with E-state index in [1.165, 1.54) is 0 Å². The third-order valence-corrected chi connectivity index (χ3v) is 5.61. The van der Waals surface area contributed by atoms with E-state index in [1.54, 1.807) is 6.08 Å². The van der Waals surface area contributed by atoms with Gasteiger partial charge >= 0.3 is 5.97 Å². The highest BCUT2D eigenvalue weighted by molar-refractivity contribution is 5.75. The predicted molar refractivity (Wildman–Crippen MR) is 69.1 cm³/mol. The number of hydrogen-bond donors (Lipinski definition) is 2. The van der Waals surface area contributed by atoms with Gasteiger partial charge in [-0.1, -0.05) is 25.5 Å². The van der Waals surface area contributed by atoms with Gasteiger partial charge in [-0.05, 0) is 25.7 Å². The summed E-state index contributed by atoms with van der Waals surface area (Å²) in [7, 11) is 0. The number of ether oxygens (including phenoxy) is 1. The lowest BCUT2D eigenvalue weighted by molar-refractivity contribution is -0.151. The maximum Gasteiger partial charge on any atom is 0.309 e. The van der Waals surface area contributed by atoms with Crippen molar-refractivity contribution in [1.29, 1.82) is 0 Å². The van der Waals surface area contributed by atoms with Crippen LogP contribution in [0.25, 0.3) is 0 Å². The molecule has 3 aliphatic rings. The molecule has 7 atom stereocenters. The molecular formula is C15H22O4. The summed E-state index contributed by atoms with van der Waals surface area (Å²) in [5.41, 5.74) is 0.419. The van der Waals surface area contributed by atoms with Gasteiger partial charge in [-0.3, -0.25) is 4.79 Å². The lowest BCUT2D eigenvalue weighted by atomic mass is 9.69. The minimum absolute atomic E-state index is 0.113. The lowest BCUT2D eigenvalue weighted by Crippen LogP contribution is -2.47. The minimum Gasteiger partial charge on any atom is -0.461 e. The summed E-state index contributed by atoms with van der Waals surface area (Å²) in [5, 5.41) is 20.4. The molecule has 4 heteroatoms. The van der Waals surface area contributed by atoms with Crippen molar-refractivity contribution >= 4 is 5.97 Å². The maximum atomic E-state index is 11.9. The van der Waals surface area contributed by atoms with E-state index >= 15 is 0 Å². The van der Waals surface area contributed by atoms with Crippen LogP contribution in [-0.2, 0) is 9.53 Å². The molecule has 3 rings (SSSR count). The minimum atomic E-state index is -0.881. The fourth-order valence-electron chi connectivity index (χ4n) is 4.33. The molecule has 1 aliphatic heterocycles. The van der Waals surface area contributed by atoms with E-state index in [2.05, 4.69) is 6.92 Å². The smallest absolute Gasteiger partial charge is 0.309 e. The van der Waals surface area contributed by atoms with Gasteiger partial charge in [-0.15, -0.1) is 0 Å². The molecule has 19 heavy (non-hydrogen) atoms. The Kier molecular flexibility index (Phi) is 2.81. The van der Waals surface area contributed by atoms with Crippen LogP contribution in [0.5, 0.6) is 0 Å².